The highest BCUT2D eigenvalue weighted by molar-refractivity contribution is 7.89. The van der Waals surface area contributed by atoms with Gasteiger partial charge in [-0.1, -0.05) is 41.9 Å². The number of hydrogen-bond acceptors (Lipinski definition) is 4. The van der Waals surface area contributed by atoms with Gasteiger partial charge in [-0.2, -0.15) is 4.31 Å². The van der Waals surface area contributed by atoms with Crippen molar-refractivity contribution in [3.8, 4) is 0 Å². The summed E-state index contributed by atoms with van der Waals surface area (Å²) >= 11 is 5.71. The van der Waals surface area contributed by atoms with Crippen molar-refractivity contribution in [1.29, 1.82) is 0 Å². The molecule has 26 heavy (non-hydrogen) atoms. The van der Waals surface area contributed by atoms with Crippen LogP contribution >= 0.6 is 11.6 Å². The first kappa shape index (κ1) is 18.8. The van der Waals surface area contributed by atoms with E-state index < -0.39 is 10.0 Å². The van der Waals surface area contributed by atoms with E-state index in [0.29, 0.717) is 32.5 Å². The highest BCUT2D eigenvalue weighted by Crippen LogP contribution is 2.24. The number of nitrogens with zero attached hydrogens (tertiary/aromatic N) is 2. The zero-order valence-electron chi connectivity index (χ0n) is 14.1. The predicted octanol–water partition coefficient (Wildman–Crippen LogP) is 2.45. The molecule has 1 aromatic carbocycles. The molecule has 1 fully saturated rings. The molecule has 0 atom stereocenters. The largest absolute Gasteiger partial charge is 0.352 e. The predicted molar refractivity (Wildman–Crippen MR) is 99.0 cm³/mol. The van der Waals surface area contributed by atoms with Crippen LogP contribution in [0.1, 0.15) is 18.4 Å². The summed E-state index contributed by atoms with van der Waals surface area (Å²) in [5.41, 5.74) is 1.04. The standard InChI is InChI=1S/C18H20ClN3O3S/c19-17-7-6-16(13-20-17)26(24,25)22-10-8-15(9-11-22)18(23)21-12-14-4-2-1-3-5-14/h1-7,13,15H,8-12H2,(H,21,23). The quantitative estimate of drug-likeness (QED) is 0.791. The first-order chi connectivity index (χ1) is 12.5. The smallest absolute Gasteiger partial charge is 0.244 e. The molecule has 138 valence electrons. The van der Waals surface area contributed by atoms with E-state index in [9.17, 15) is 13.2 Å². The minimum atomic E-state index is -3.60. The first-order valence-corrected chi connectivity index (χ1v) is 10.2. The lowest BCUT2D eigenvalue weighted by atomic mass is 9.97. The molecule has 0 saturated carbocycles. The SMILES string of the molecule is O=C(NCc1ccccc1)C1CCN(S(=O)(=O)c2ccc(Cl)nc2)CC1. The fourth-order valence-corrected chi connectivity index (χ4v) is 4.48. The van der Waals surface area contributed by atoms with Crippen molar-refractivity contribution >= 4 is 27.5 Å². The third-order valence-corrected chi connectivity index (χ3v) is 6.58. The number of sulfonamides is 1. The van der Waals surface area contributed by atoms with Crippen LogP contribution in [0.4, 0.5) is 0 Å². The summed E-state index contributed by atoms with van der Waals surface area (Å²) in [6.45, 7) is 1.11. The minimum absolute atomic E-state index is 0.0286. The summed E-state index contributed by atoms with van der Waals surface area (Å²) in [4.78, 5) is 16.3. The van der Waals surface area contributed by atoms with Gasteiger partial charge in [-0.25, -0.2) is 13.4 Å². The Morgan fingerprint density at radius 2 is 1.85 bits per heavy atom. The van der Waals surface area contributed by atoms with Crippen LogP contribution in [0.25, 0.3) is 0 Å². The van der Waals surface area contributed by atoms with Gasteiger partial charge in [0.2, 0.25) is 15.9 Å². The van der Waals surface area contributed by atoms with E-state index in [-0.39, 0.29) is 21.9 Å². The molecule has 0 bridgehead atoms. The Kier molecular flexibility index (Phi) is 5.90. The Morgan fingerprint density at radius 1 is 1.15 bits per heavy atom. The maximum atomic E-state index is 12.6. The van der Waals surface area contributed by atoms with Crippen LogP contribution in [-0.4, -0.2) is 36.7 Å². The van der Waals surface area contributed by atoms with Crippen molar-refractivity contribution in [2.24, 2.45) is 5.92 Å². The van der Waals surface area contributed by atoms with Crippen LogP contribution in [0.5, 0.6) is 0 Å². The van der Waals surface area contributed by atoms with Crippen LogP contribution in [0.15, 0.2) is 53.6 Å². The van der Waals surface area contributed by atoms with Crippen molar-refractivity contribution < 1.29 is 13.2 Å². The molecule has 8 heteroatoms. The molecular formula is C18H20ClN3O3S. The van der Waals surface area contributed by atoms with E-state index in [1.807, 2.05) is 30.3 Å². The lowest BCUT2D eigenvalue weighted by molar-refractivity contribution is -0.126. The number of hydrogen-bond donors (Lipinski definition) is 1. The summed E-state index contributed by atoms with van der Waals surface area (Å²) in [7, 11) is -3.60. The van der Waals surface area contributed by atoms with Gasteiger partial charge >= 0.3 is 0 Å². The maximum absolute atomic E-state index is 12.6. The molecule has 6 nitrogen and oxygen atoms in total. The molecule has 2 aromatic rings. The number of carbonyl (C=O) groups excluding carboxylic acids is 1. The highest BCUT2D eigenvalue weighted by Gasteiger charge is 2.32. The van der Waals surface area contributed by atoms with Crippen molar-refractivity contribution in [3.63, 3.8) is 0 Å². The highest BCUT2D eigenvalue weighted by atomic mass is 35.5. The third-order valence-electron chi connectivity index (χ3n) is 4.47. The molecule has 1 saturated heterocycles. The number of aromatic nitrogens is 1. The van der Waals surface area contributed by atoms with Gasteiger partial charge in [-0.15, -0.1) is 0 Å². The van der Waals surface area contributed by atoms with E-state index in [1.165, 1.54) is 22.6 Å². The second-order valence-electron chi connectivity index (χ2n) is 6.20. The molecule has 1 aliphatic rings. The molecule has 0 radical (unpaired) electrons. The average molecular weight is 394 g/mol. The molecular weight excluding hydrogens is 374 g/mol. The number of nitrogens with one attached hydrogen (secondary N) is 1. The number of pyridine rings is 1. The lowest BCUT2D eigenvalue weighted by Crippen LogP contribution is -2.42. The normalized spacial score (nSPS) is 16.3. The van der Waals surface area contributed by atoms with Crippen molar-refractivity contribution in [2.75, 3.05) is 13.1 Å². The van der Waals surface area contributed by atoms with E-state index in [1.54, 1.807) is 0 Å². The van der Waals surface area contributed by atoms with Gasteiger partial charge in [0.15, 0.2) is 0 Å². The summed E-state index contributed by atoms with van der Waals surface area (Å²) in [6.07, 6.45) is 2.26. The second kappa shape index (κ2) is 8.16. The number of amides is 1. The van der Waals surface area contributed by atoms with Crippen molar-refractivity contribution in [2.45, 2.75) is 24.3 Å². The minimum Gasteiger partial charge on any atom is -0.352 e. The first-order valence-electron chi connectivity index (χ1n) is 8.40. The summed E-state index contributed by atoms with van der Waals surface area (Å²) < 4.78 is 26.7. The molecule has 3 rings (SSSR count). The molecule has 2 heterocycles. The van der Waals surface area contributed by atoms with Gasteiger partial charge in [-0.3, -0.25) is 4.79 Å². The Hall–Kier alpha value is -1.96. The number of rotatable bonds is 5. The Morgan fingerprint density at radius 3 is 2.46 bits per heavy atom. The third kappa shape index (κ3) is 4.41. The monoisotopic (exact) mass is 393 g/mol. The van der Waals surface area contributed by atoms with E-state index in [0.717, 1.165) is 5.56 Å². The average Bonchev–Trinajstić information content (AvgIpc) is 2.67. The zero-order valence-corrected chi connectivity index (χ0v) is 15.7. The number of benzene rings is 1. The molecule has 0 spiro atoms. The van der Waals surface area contributed by atoms with Gasteiger partial charge in [0.05, 0.1) is 0 Å². The van der Waals surface area contributed by atoms with Crippen molar-refractivity contribution in [3.05, 3.63) is 59.4 Å². The topological polar surface area (TPSA) is 79.4 Å². The summed E-state index contributed by atoms with van der Waals surface area (Å²) in [5.74, 6) is -0.201. The van der Waals surface area contributed by atoms with Crippen LogP contribution < -0.4 is 5.32 Å². The molecule has 0 aliphatic carbocycles. The Bertz CT molecular complexity index is 849. The fourth-order valence-electron chi connectivity index (χ4n) is 2.95. The van der Waals surface area contributed by atoms with Crippen LogP contribution in [-0.2, 0) is 21.4 Å². The molecule has 1 aromatic heterocycles. The van der Waals surface area contributed by atoms with Gasteiger partial charge in [0.1, 0.15) is 10.0 Å². The van der Waals surface area contributed by atoms with Gasteiger partial charge in [0, 0.05) is 31.7 Å². The maximum Gasteiger partial charge on any atom is 0.244 e. The van der Waals surface area contributed by atoms with Gasteiger partial charge in [0.25, 0.3) is 0 Å². The summed E-state index contributed by atoms with van der Waals surface area (Å²) in [5, 5.41) is 3.18. The van der Waals surface area contributed by atoms with Crippen LogP contribution in [0.2, 0.25) is 5.15 Å². The summed E-state index contributed by atoms with van der Waals surface area (Å²) in [6, 6.07) is 12.6. The van der Waals surface area contributed by atoms with Gasteiger partial charge in [-0.05, 0) is 30.5 Å². The number of halogens is 1. The zero-order chi connectivity index (χ0) is 18.6. The van der Waals surface area contributed by atoms with Crippen molar-refractivity contribution in [1.82, 2.24) is 14.6 Å². The van der Waals surface area contributed by atoms with Crippen LogP contribution in [0, 0.1) is 5.92 Å². The van der Waals surface area contributed by atoms with Gasteiger partial charge < -0.3 is 5.32 Å². The Labute approximate surface area is 158 Å². The second-order valence-corrected chi connectivity index (χ2v) is 8.52. The molecule has 1 aliphatic heterocycles. The molecule has 0 unspecified atom stereocenters. The molecule has 1 N–H and O–H groups in total. The van der Waals surface area contributed by atoms with E-state index >= 15 is 0 Å². The lowest BCUT2D eigenvalue weighted by Gasteiger charge is -2.30. The van der Waals surface area contributed by atoms with E-state index in [2.05, 4.69) is 10.3 Å². The van der Waals surface area contributed by atoms with Crippen LogP contribution in [0.3, 0.4) is 0 Å². The number of piperidine rings is 1. The fraction of sp³-hybridized carbons (Fsp3) is 0.333. The Balaban J connectivity index is 1.55. The van der Waals surface area contributed by atoms with E-state index in [4.69, 9.17) is 11.6 Å². The molecule has 1 amide bonds. The number of carbonyl (C=O) groups is 1.